The Morgan fingerprint density at radius 1 is 0.389 bits per heavy atom. The van der Waals surface area contributed by atoms with E-state index in [9.17, 15) is 0 Å². The summed E-state index contributed by atoms with van der Waals surface area (Å²) in [5.74, 6) is 0. The molecule has 0 aliphatic carbocycles. The summed E-state index contributed by atoms with van der Waals surface area (Å²) in [4.78, 5) is 0. The predicted molar refractivity (Wildman–Crippen MR) is 157 cm³/mol. The first-order valence-corrected chi connectivity index (χ1v) is 12.8. The van der Waals surface area contributed by atoms with E-state index in [2.05, 4.69) is 134 Å². The van der Waals surface area contributed by atoms with Crippen LogP contribution in [-0.4, -0.2) is 0 Å². The maximum Gasteiger partial charge on any atom is -0.00926 e. The molecule has 0 unspecified atom stereocenters. The smallest absolute Gasteiger partial charge is 0.00926 e. The molecule has 0 heteroatoms. The van der Waals surface area contributed by atoms with Gasteiger partial charge in [0.1, 0.15) is 0 Å². The zero-order chi connectivity index (χ0) is 24.1. The van der Waals surface area contributed by atoms with E-state index in [0.717, 1.165) is 6.42 Å². The Hall–Kier alpha value is -4.42. The van der Waals surface area contributed by atoms with E-state index in [1.807, 2.05) is 0 Å². The summed E-state index contributed by atoms with van der Waals surface area (Å²) < 4.78 is 0. The van der Waals surface area contributed by atoms with Gasteiger partial charge in [0.2, 0.25) is 0 Å². The fourth-order valence-electron chi connectivity index (χ4n) is 5.86. The first-order valence-electron chi connectivity index (χ1n) is 12.8. The van der Waals surface area contributed by atoms with E-state index in [-0.39, 0.29) is 0 Å². The third kappa shape index (κ3) is 3.22. The van der Waals surface area contributed by atoms with Crippen LogP contribution in [0.4, 0.5) is 0 Å². The average Bonchev–Trinajstić information content (AvgIpc) is 2.96. The molecule has 7 aromatic rings. The van der Waals surface area contributed by atoms with Gasteiger partial charge in [0.25, 0.3) is 0 Å². The normalized spacial score (nSPS) is 11.6. The molecule has 36 heavy (non-hydrogen) atoms. The Balaban J connectivity index is 1.46. The van der Waals surface area contributed by atoms with E-state index in [1.54, 1.807) is 0 Å². The number of aryl methyl sites for hydroxylation is 1. The van der Waals surface area contributed by atoms with E-state index >= 15 is 0 Å². The fourth-order valence-corrected chi connectivity index (χ4v) is 5.86. The average molecular weight is 459 g/mol. The van der Waals surface area contributed by atoms with Gasteiger partial charge < -0.3 is 0 Å². The minimum absolute atomic E-state index is 1.03. The lowest BCUT2D eigenvalue weighted by Gasteiger charge is -2.15. The predicted octanol–water partition coefficient (Wildman–Crippen LogP) is 10.2. The van der Waals surface area contributed by atoms with Gasteiger partial charge in [-0.25, -0.2) is 0 Å². The molecule has 7 aromatic carbocycles. The van der Waals surface area contributed by atoms with Crippen LogP contribution in [0.1, 0.15) is 12.5 Å². The van der Waals surface area contributed by atoms with Crippen LogP contribution in [0, 0.1) is 0 Å². The topological polar surface area (TPSA) is 0 Å². The molecule has 0 aliphatic rings. The van der Waals surface area contributed by atoms with Crippen molar-refractivity contribution in [3.05, 3.63) is 133 Å². The van der Waals surface area contributed by atoms with Gasteiger partial charge in [-0.3, -0.25) is 0 Å². The van der Waals surface area contributed by atoms with Crippen molar-refractivity contribution in [2.45, 2.75) is 13.3 Å². The van der Waals surface area contributed by atoms with Crippen LogP contribution < -0.4 is 0 Å². The summed E-state index contributed by atoms with van der Waals surface area (Å²) in [7, 11) is 0. The second-order valence-electron chi connectivity index (χ2n) is 9.60. The van der Waals surface area contributed by atoms with Gasteiger partial charge in [-0.15, -0.1) is 0 Å². The second kappa shape index (κ2) is 8.36. The molecule has 0 nitrogen and oxygen atoms in total. The minimum atomic E-state index is 1.03. The van der Waals surface area contributed by atoms with Crippen LogP contribution in [0.15, 0.2) is 127 Å². The standard InChI is InChI=1S/C36H26/c1-2-24-22-35-33-16-8-7-15-32(33)34(23-36(35)31-14-6-5-12-28(24)31)27-20-18-26(19-21-27)30-17-9-11-25-10-3-4-13-29(25)30/h3-23H,2H2,1H3. The van der Waals surface area contributed by atoms with E-state index in [4.69, 9.17) is 0 Å². The third-order valence-electron chi connectivity index (χ3n) is 7.65. The number of benzene rings is 7. The fraction of sp³-hybridized carbons (Fsp3) is 0.0556. The maximum absolute atomic E-state index is 2.41. The molecule has 0 fully saturated rings. The Labute approximate surface area is 211 Å². The summed E-state index contributed by atoms with van der Waals surface area (Å²) in [5.41, 5.74) is 6.48. The van der Waals surface area contributed by atoms with Gasteiger partial charge in [-0.1, -0.05) is 122 Å². The molecule has 0 atom stereocenters. The summed E-state index contributed by atoms with van der Waals surface area (Å²) in [6.07, 6.45) is 1.03. The van der Waals surface area contributed by atoms with Crippen LogP contribution in [0.3, 0.4) is 0 Å². The summed E-state index contributed by atoms with van der Waals surface area (Å²) in [6, 6.07) is 46.8. The molecule has 0 spiro atoms. The van der Waals surface area contributed by atoms with Gasteiger partial charge in [-0.05, 0) is 89.5 Å². The largest absolute Gasteiger partial charge is 0.0616 e. The molecule has 7 rings (SSSR count). The second-order valence-corrected chi connectivity index (χ2v) is 9.60. The van der Waals surface area contributed by atoms with Gasteiger partial charge in [0.05, 0.1) is 0 Å². The van der Waals surface area contributed by atoms with Crippen molar-refractivity contribution in [2.75, 3.05) is 0 Å². The first-order chi connectivity index (χ1) is 17.8. The van der Waals surface area contributed by atoms with Crippen molar-refractivity contribution in [3.8, 4) is 22.3 Å². The summed E-state index contributed by atoms with van der Waals surface area (Å²) in [5, 5.41) is 10.6. The van der Waals surface area contributed by atoms with Crippen LogP contribution >= 0.6 is 0 Å². The van der Waals surface area contributed by atoms with Crippen LogP contribution in [0.5, 0.6) is 0 Å². The molecule has 0 bridgehead atoms. The molecule has 0 radical (unpaired) electrons. The molecular weight excluding hydrogens is 432 g/mol. The van der Waals surface area contributed by atoms with Gasteiger partial charge >= 0.3 is 0 Å². The zero-order valence-electron chi connectivity index (χ0n) is 20.3. The van der Waals surface area contributed by atoms with E-state index in [1.165, 1.54) is 70.9 Å². The highest BCUT2D eigenvalue weighted by Gasteiger charge is 2.13. The molecule has 0 saturated carbocycles. The lowest BCUT2D eigenvalue weighted by molar-refractivity contribution is 1.16. The molecule has 0 saturated heterocycles. The molecule has 0 aromatic heterocycles. The lowest BCUT2D eigenvalue weighted by Crippen LogP contribution is -1.90. The highest BCUT2D eigenvalue weighted by atomic mass is 14.2. The Morgan fingerprint density at radius 2 is 0.917 bits per heavy atom. The zero-order valence-corrected chi connectivity index (χ0v) is 20.3. The highest BCUT2D eigenvalue weighted by molar-refractivity contribution is 6.21. The van der Waals surface area contributed by atoms with Crippen molar-refractivity contribution in [1.29, 1.82) is 0 Å². The molecule has 170 valence electrons. The van der Waals surface area contributed by atoms with Gasteiger partial charge in [0, 0.05) is 0 Å². The van der Waals surface area contributed by atoms with E-state index in [0.29, 0.717) is 0 Å². The van der Waals surface area contributed by atoms with E-state index < -0.39 is 0 Å². The minimum Gasteiger partial charge on any atom is -0.0616 e. The molecular formula is C36H26. The Bertz CT molecular complexity index is 1900. The van der Waals surface area contributed by atoms with Crippen molar-refractivity contribution in [1.82, 2.24) is 0 Å². The molecule has 0 heterocycles. The molecule has 0 N–H and O–H groups in total. The maximum atomic E-state index is 2.41. The highest BCUT2D eigenvalue weighted by Crippen LogP contribution is 2.40. The van der Waals surface area contributed by atoms with Crippen LogP contribution in [0.25, 0.3) is 65.3 Å². The third-order valence-corrected chi connectivity index (χ3v) is 7.65. The van der Waals surface area contributed by atoms with Crippen molar-refractivity contribution in [2.24, 2.45) is 0 Å². The number of hydrogen-bond donors (Lipinski definition) is 0. The Kier molecular flexibility index (Phi) is 4.85. The van der Waals surface area contributed by atoms with Crippen LogP contribution in [-0.2, 0) is 6.42 Å². The van der Waals surface area contributed by atoms with Crippen molar-refractivity contribution < 1.29 is 0 Å². The first kappa shape index (κ1) is 20.9. The Morgan fingerprint density at radius 3 is 1.64 bits per heavy atom. The number of fused-ring (bicyclic) bond motifs is 6. The van der Waals surface area contributed by atoms with Crippen molar-refractivity contribution in [3.63, 3.8) is 0 Å². The monoisotopic (exact) mass is 458 g/mol. The van der Waals surface area contributed by atoms with Gasteiger partial charge in [-0.2, -0.15) is 0 Å². The lowest BCUT2D eigenvalue weighted by atomic mass is 9.88. The number of hydrogen-bond acceptors (Lipinski definition) is 0. The summed E-state index contributed by atoms with van der Waals surface area (Å²) in [6.45, 7) is 2.25. The quantitative estimate of drug-likeness (QED) is 0.231. The molecule has 0 aliphatic heterocycles. The van der Waals surface area contributed by atoms with Crippen LogP contribution in [0.2, 0.25) is 0 Å². The van der Waals surface area contributed by atoms with Gasteiger partial charge in [0.15, 0.2) is 0 Å². The summed E-state index contributed by atoms with van der Waals surface area (Å²) >= 11 is 0. The van der Waals surface area contributed by atoms with Crippen molar-refractivity contribution >= 4 is 43.1 Å². The SMILES string of the molecule is CCc1cc2c3ccccc3c(-c3ccc(-c4cccc5ccccc45)cc3)cc2c2ccccc12. The molecule has 0 amide bonds. The number of rotatable bonds is 3.